The van der Waals surface area contributed by atoms with Gasteiger partial charge in [-0.25, -0.2) is 0 Å². The minimum atomic E-state index is 0.388. The molecule has 4 nitrogen and oxygen atoms in total. The lowest BCUT2D eigenvalue weighted by molar-refractivity contribution is 0.0508. The predicted octanol–water partition coefficient (Wildman–Crippen LogP) is 1.60. The lowest BCUT2D eigenvalue weighted by Crippen LogP contribution is -2.24. The molecule has 0 aliphatic heterocycles. The second-order valence-electron chi connectivity index (χ2n) is 3.90. The fourth-order valence-corrected chi connectivity index (χ4v) is 2.13. The smallest absolute Gasteiger partial charge is 0.145 e. The fraction of sp³-hybridized carbons (Fsp3) is 0.700. The minimum Gasteiger partial charge on any atom is -0.382 e. The Balaban J connectivity index is 2.04. The first-order valence-corrected chi connectivity index (χ1v) is 5.13. The molecule has 1 fully saturated rings. The molecule has 4 heteroatoms. The summed E-state index contributed by atoms with van der Waals surface area (Å²) in [6.07, 6.45) is 6.96. The molecule has 2 N–H and O–H groups in total. The zero-order chi connectivity index (χ0) is 9.97. The lowest BCUT2D eigenvalue weighted by Gasteiger charge is -2.28. The van der Waals surface area contributed by atoms with Crippen LogP contribution in [0, 0.1) is 0 Å². The van der Waals surface area contributed by atoms with Crippen LogP contribution in [0.5, 0.6) is 0 Å². The first-order valence-electron chi connectivity index (χ1n) is 5.13. The molecule has 0 bridgehead atoms. The van der Waals surface area contributed by atoms with E-state index in [1.807, 2.05) is 16.9 Å². The molecule has 2 unspecified atom stereocenters. The van der Waals surface area contributed by atoms with E-state index >= 15 is 0 Å². The number of aromatic nitrogens is 2. The molecule has 1 saturated carbocycles. The highest BCUT2D eigenvalue weighted by atomic mass is 16.5. The number of ether oxygens (including phenoxy) is 1. The molecule has 0 saturated heterocycles. The first kappa shape index (κ1) is 9.52. The molecule has 1 aliphatic carbocycles. The third-order valence-electron chi connectivity index (χ3n) is 2.93. The second kappa shape index (κ2) is 4.00. The van der Waals surface area contributed by atoms with Gasteiger partial charge in [-0.1, -0.05) is 0 Å². The van der Waals surface area contributed by atoms with Crippen LogP contribution in [0.4, 0.5) is 5.82 Å². The van der Waals surface area contributed by atoms with Gasteiger partial charge in [0.15, 0.2) is 0 Å². The molecule has 0 radical (unpaired) electrons. The summed E-state index contributed by atoms with van der Waals surface area (Å²) < 4.78 is 7.35. The highest BCUT2D eigenvalue weighted by Crippen LogP contribution is 2.29. The quantitative estimate of drug-likeness (QED) is 0.779. The molecule has 78 valence electrons. The van der Waals surface area contributed by atoms with Gasteiger partial charge in [-0.3, -0.25) is 4.68 Å². The SMILES string of the molecule is COC1CCCC(n2ccc(N)n2)C1. The summed E-state index contributed by atoms with van der Waals surface area (Å²) in [5.74, 6) is 0.601. The summed E-state index contributed by atoms with van der Waals surface area (Å²) >= 11 is 0. The Hall–Kier alpha value is -1.03. The Kier molecular flexibility index (Phi) is 2.72. The topological polar surface area (TPSA) is 53.1 Å². The number of hydrogen-bond donors (Lipinski definition) is 1. The Labute approximate surface area is 84.0 Å². The summed E-state index contributed by atoms with van der Waals surface area (Å²) in [4.78, 5) is 0. The Bertz CT molecular complexity index is 297. The molecule has 0 amide bonds. The van der Waals surface area contributed by atoms with Gasteiger partial charge in [0.05, 0.1) is 12.1 Å². The third kappa shape index (κ3) is 1.90. The zero-order valence-electron chi connectivity index (χ0n) is 8.52. The van der Waals surface area contributed by atoms with E-state index in [0.29, 0.717) is 18.0 Å². The van der Waals surface area contributed by atoms with Gasteiger partial charge in [0.2, 0.25) is 0 Å². The highest BCUT2D eigenvalue weighted by molar-refractivity contribution is 5.24. The van der Waals surface area contributed by atoms with E-state index in [4.69, 9.17) is 10.5 Å². The van der Waals surface area contributed by atoms with E-state index in [0.717, 1.165) is 6.42 Å². The van der Waals surface area contributed by atoms with E-state index in [1.54, 1.807) is 7.11 Å². The van der Waals surface area contributed by atoms with Crippen molar-refractivity contribution in [3.05, 3.63) is 12.3 Å². The Morgan fingerprint density at radius 3 is 3.07 bits per heavy atom. The molecule has 1 aromatic heterocycles. The van der Waals surface area contributed by atoms with Gasteiger partial charge in [0.1, 0.15) is 5.82 Å². The largest absolute Gasteiger partial charge is 0.382 e. The van der Waals surface area contributed by atoms with Crippen LogP contribution >= 0.6 is 0 Å². The fourth-order valence-electron chi connectivity index (χ4n) is 2.13. The van der Waals surface area contributed by atoms with E-state index < -0.39 is 0 Å². The van der Waals surface area contributed by atoms with Crippen LogP contribution in [0.2, 0.25) is 0 Å². The zero-order valence-corrected chi connectivity index (χ0v) is 8.52. The number of hydrogen-bond acceptors (Lipinski definition) is 3. The van der Waals surface area contributed by atoms with Crippen molar-refractivity contribution in [2.24, 2.45) is 0 Å². The van der Waals surface area contributed by atoms with Crippen molar-refractivity contribution in [3.8, 4) is 0 Å². The standard InChI is InChI=1S/C10H17N3O/c1-14-9-4-2-3-8(7-9)13-6-5-10(11)12-13/h5-6,8-9H,2-4,7H2,1H3,(H2,11,12). The summed E-state index contributed by atoms with van der Waals surface area (Å²) in [5, 5.41) is 4.24. The molecule has 14 heavy (non-hydrogen) atoms. The Morgan fingerprint density at radius 1 is 1.57 bits per heavy atom. The molecule has 2 rings (SSSR count). The molecule has 1 aliphatic rings. The number of anilines is 1. The second-order valence-corrected chi connectivity index (χ2v) is 3.90. The van der Waals surface area contributed by atoms with Crippen molar-refractivity contribution in [2.45, 2.75) is 37.8 Å². The van der Waals surface area contributed by atoms with Crippen LogP contribution in [0.1, 0.15) is 31.7 Å². The van der Waals surface area contributed by atoms with Crippen molar-refractivity contribution in [1.29, 1.82) is 0 Å². The van der Waals surface area contributed by atoms with Gasteiger partial charge in [-0.15, -0.1) is 0 Å². The van der Waals surface area contributed by atoms with E-state index in [-0.39, 0.29) is 0 Å². The lowest BCUT2D eigenvalue weighted by atomic mass is 9.93. The normalized spacial score (nSPS) is 27.8. The van der Waals surface area contributed by atoms with E-state index in [9.17, 15) is 0 Å². The van der Waals surface area contributed by atoms with Crippen LogP contribution in [0.25, 0.3) is 0 Å². The van der Waals surface area contributed by atoms with Crippen molar-refractivity contribution in [2.75, 3.05) is 12.8 Å². The summed E-state index contributed by atoms with van der Waals surface area (Å²) in [6, 6.07) is 2.31. The minimum absolute atomic E-state index is 0.388. The molecular formula is C10H17N3O. The average Bonchev–Trinajstić information content (AvgIpc) is 2.65. The van der Waals surface area contributed by atoms with Gasteiger partial charge in [0.25, 0.3) is 0 Å². The Morgan fingerprint density at radius 2 is 2.43 bits per heavy atom. The van der Waals surface area contributed by atoms with Crippen molar-refractivity contribution in [3.63, 3.8) is 0 Å². The molecule has 1 heterocycles. The van der Waals surface area contributed by atoms with Gasteiger partial charge >= 0.3 is 0 Å². The molecule has 0 aromatic carbocycles. The first-order chi connectivity index (χ1) is 6.79. The predicted molar refractivity (Wildman–Crippen MR) is 54.9 cm³/mol. The number of nitrogens with two attached hydrogens (primary N) is 1. The maximum atomic E-state index is 5.59. The van der Waals surface area contributed by atoms with Gasteiger partial charge in [0, 0.05) is 13.3 Å². The van der Waals surface area contributed by atoms with Crippen molar-refractivity contribution >= 4 is 5.82 Å². The molecule has 0 spiro atoms. The summed E-state index contributed by atoms with van der Waals surface area (Å²) in [7, 11) is 1.78. The average molecular weight is 195 g/mol. The van der Waals surface area contributed by atoms with Crippen molar-refractivity contribution < 1.29 is 4.74 Å². The number of nitrogens with zero attached hydrogens (tertiary/aromatic N) is 2. The number of nitrogen functional groups attached to an aromatic ring is 1. The van der Waals surface area contributed by atoms with E-state index in [2.05, 4.69) is 5.10 Å². The molecular weight excluding hydrogens is 178 g/mol. The van der Waals surface area contributed by atoms with Gasteiger partial charge in [-0.05, 0) is 31.7 Å². The van der Waals surface area contributed by atoms with Crippen LogP contribution < -0.4 is 5.73 Å². The molecule has 1 aromatic rings. The summed E-state index contributed by atoms with van der Waals surface area (Å²) in [5.41, 5.74) is 5.59. The van der Waals surface area contributed by atoms with Crippen LogP contribution in [0.15, 0.2) is 12.3 Å². The van der Waals surface area contributed by atoms with Gasteiger partial charge in [-0.2, -0.15) is 5.10 Å². The maximum Gasteiger partial charge on any atom is 0.145 e. The highest BCUT2D eigenvalue weighted by Gasteiger charge is 2.23. The third-order valence-corrected chi connectivity index (χ3v) is 2.93. The molecule has 2 atom stereocenters. The maximum absolute atomic E-state index is 5.59. The van der Waals surface area contributed by atoms with Crippen molar-refractivity contribution in [1.82, 2.24) is 9.78 Å². The van der Waals surface area contributed by atoms with Crippen LogP contribution in [-0.4, -0.2) is 23.0 Å². The van der Waals surface area contributed by atoms with Crippen LogP contribution in [0.3, 0.4) is 0 Å². The summed E-state index contributed by atoms with van der Waals surface area (Å²) in [6.45, 7) is 0. The van der Waals surface area contributed by atoms with E-state index in [1.165, 1.54) is 19.3 Å². The van der Waals surface area contributed by atoms with Gasteiger partial charge < -0.3 is 10.5 Å². The number of methoxy groups -OCH3 is 1. The van der Waals surface area contributed by atoms with Crippen LogP contribution in [-0.2, 0) is 4.74 Å². The number of rotatable bonds is 2. The monoisotopic (exact) mass is 195 g/mol.